The number of furan rings is 2. The van der Waals surface area contributed by atoms with Crippen LogP contribution in [0.5, 0.6) is 0 Å². The van der Waals surface area contributed by atoms with Gasteiger partial charge in [0.25, 0.3) is 0 Å². The minimum absolute atomic E-state index is 0.449. The minimum atomic E-state index is -2.14. The van der Waals surface area contributed by atoms with Gasteiger partial charge in [-0.05, 0) is 37.4 Å². The largest absolute Gasteiger partial charge is 0.467 e. The molecular weight excluding hydrogens is 236 g/mol. The van der Waals surface area contributed by atoms with Crippen molar-refractivity contribution in [2.24, 2.45) is 0 Å². The summed E-state index contributed by atoms with van der Waals surface area (Å²) in [6.45, 7) is 4.90. The second-order valence-electron chi connectivity index (χ2n) is 4.14. The maximum atomic E-state index is 5.75. The van der Waals surface area contributed by atoms with Gasteiger partial charge in [0.15, 0.2) is 0 Å². The summed E-state index contributed by atoms with van der Waals surface area (Å²) in [5.41, 5.74) is 0. The van der Waals surface area contributed by atoms with E-state index >= 15 is 0 Å². The predicted molar refractivity (Wildman–Crippen MR) is 64.5 cm³/mol. The van der Waals surface area contributed by atoms with Crippen LogP contribution in [0, 0.1) is 0 Å². The van der Waals surface area contributed by atoms with E-state index in [1.807, 2.05) is 37.4 Å². The van der Waals surface area contributed by atoms with Crippen LogP contribution in [0.25, 0.3) is 0 Å². The second kappa shape index (κ2) is 5.35. The molecule has 0 aliphatic carbocycles. The SMILES string of the molecule is C[Si](C)(OCc1ccco1)OCc1ccco1. The van der Waals surface area contributed by atoms with Crippen molar-refractivity contribution in [2.75, 3.05) is 0 Å². The highest BCUT2D eigenvalue weighted by Crippen LogP contribution is 2.14. The first-order valence-corrected chi connectivity index (χ1v) is 8.30. The van der Waals surface area contributed by atoms with E-state index in [4.69, 9.17) is 17.7 Å². The summed E-state index contributed by atoms with van der Waals surface area (Å²) in [5.74, 6) is 1.62. The molecule has 92 valence electrons. The highest BCUT2D eigenvalue weighted by atomic mass is 28.4. The van der Waals surface area contributed by atoms with Gasteiger partial charge < -0.3 is 17.7 Å². The van der Waals surface area contributed by atoms with Crippen LogP contribution < -0.4 is 0 Å². The van der Waals surface area contributed by atoms with Crippen LogP contribution in [-0.4, -0.2) is 8.56 Å². The summed E-state index contributed by atoms with van der Waals surface area (Å²) in [7, 11) is -2.14. The van der Waals surface area contributed by atoms with Gasteiger partial charge in [0.2, 0.25) is 0 Å². The lowest BCUT2D eigenvalue weighted by atomic mass is 10.5. The van der Waals surface area contributed by atoms with Crippen molar-refractivity contribution in [2.45, 2.75) is 26.3 Å². The molecule has 17 heavy (non-hydrogen) atoms. The van der Waals surface area contributed by atoms with Crippen molar-refractivity contribution in [3.8, 4) is 0 Å². The first-order valence-electron chi connectivity index (χ1n) is 5.48. The predicted octanol–water partition coefficient (Wildman–Crippen LogP) is 3.31. The normalized spacial score (nSPS) is 11.9. The molecule has 0 aliphatic rings. The van der Waals surface area contributed by atoms with E-state index < -0.39 is 8.56 Å². The molecule has 5 heteroatoms. The zero-order valence-electron chi connectivity index (χ0n) is 10.0. The van der Waals surface area contributed by atoms with E-state index in [2.05, 4.69) is 0 Å². The van der Waals surface area contributed by atoms with Crippen LogP contribution in [0.15, 0.2) is 45.6 Å². The molecule has 2 rings (SSSR count). The van der Waals surface area contributed by atoms with Gasteiger partial charge in [-0.1, -0.05) is 0 Å². The summed E-state index contributed by atoms with van der Waals surface area (Å²) in [6.07, 6.45) is 3.27. The third-order valence-electron chi connectivity index (χ3n) is 2.28. The van der Waals surface area contributed by atoms with Crippen molar-refractivity contribution < 1.29 is 17.7 Å². The molecule has 2 aromatic rings. The van der Waals surface area contributed by atoms with Gasteiger partial charge in [0.1, 0.15) is 11.5 Å². The number of hydrogen-bond donors (Lipinski definition) is 0. The van der Waals surface area contributed by atoms with Crippen molar-refractivity contribution in [1.29, 1.82) is 0 Å². The molecule has 0 fully saturated rings. The Hall–Kier alpha value is -1.30. The molecule has 0 spiro atoms. The topological polar surface area (TPSA) is 44.7 Å². The molecule has 0 bridgehead atoms. The first-order chi connectivity index (χ1) is 8.16. The lowest BCUT2D eigenvalue weighted by Gasteiger charge is -2.21. The molecule has 0 N–H and O–H groups in total. The van der Waals surface area contributed by atoms with Gasteiger partial charge in [-0.15, -0.1) is 0 Å². The van der Waals surface area contributed by atoms with E-state index in [0.717, 1.165) is 11.5 Å². The van der Waals surface area contributed by atoms with E-state index in [1.165, 1.54) is 0 Å². The molecule has 4 nitrogen and oxygen atoms in total. The van der Waals surface area contributed by atoms with Gasteiger partial charge in [-0.25, -0.2) is 0 Å². The third-order valence-corrected chi connectivity index (χ3v) is 3.96. The lowest BCUT2D eigenvalue weighted by molar-refractivity contribution is 0.145. The smallest absolute Gasteiger partial charge is 0.332 e. The maximum Gasteiger partial charge on any atom is 0.332 e. The number of rotatable bonds is 6. The Kier molecular flexibility index (Phi) is 3.83. The van der Waals surface area contributed by atoms with Gasteiger partial charge in [0, 0.05) is 0 Å². The third kappa shape index (κ3) is 3.88. The van der Waals surface area contributed by atoms with Crippen LogP contribution in [0.4, 0.5) is 0 Å². The van der Waals surface area contributed by atoms with Crippen molar-refractivity contribution in [1.82, 2.24) is 0 Å². The molecule has 0 radical (unpaired) electrons. The van der Waals surface area contributed by atoms with Crippen LogP contribution >= 0.6 is 0 Å². The minimum Gasteiger partial charge on any atom is -0.467 e. The molecule has 0 aromatic carbocycles. The van der Waals surface area contributed by atoms with E-state index in [9.17, 15) is 0 Å². The molecule has 0 aliphatic heterocycles. The summed E-state index contributed by atoms with van der Waals surface area (Å²) in [6, 6.07) is 7.46. The molecule has 0 unspecified atom stereocenters. The Morgan fingerprint density at radius 2 is 1.41 bits per heavy atom. The molecule has 2 heterocycles. The van der Waals surface area contributed by atoms with E-state index in [-0.39, 0.29) is 0 Å². The molecule has 2 aromatic heterocycles. The van der Waals surface area contributed by atoms with E-state index in [1.54, 1.807) is 12.5 Å². The Morgan fingerprint density at radius 3 is 1.76 bits per heavy atom. The summed E-state index contributed by atoms with van der Waals surface area (Å²) in [5, 5.41) is 0. The zero-order chi connectivity index (χ0) is 12.1. The lowest BCUT2D eigenvalue weighted by Crippen LogP contribution is -2.34. The maximum absolute atomic E-state index is 5.75. The number of hydrogen-bond acceptors (Lipinski definition) is 4. The highest BCUT2D eigenvalue weighted by molar-refractivity contribution is 6.64. The molecule has 0 saturated heterocycles. The van der Waals surface area contributed by atoms with Crippen LogP contribution in [-0.2, 0) is 22.1 Å². The Bertz CT molecular complexity index is 379. The highest BCUT2D eigenvalue weighted by Gasteiger charge is 2.25. The zero-order valence-corrected chi connectivity index (χ0v) is 11.0. The van der Waals surface area contributed by atoms with Gasteiger partial charge in [-0.3, -0.25) is 0 Å². The summed E-state index contributed by atoms with van der Waals surface area (Å²) >= 11 is 0. The fourth-order valence-corrected chi connectivity index (χ4v) is 2.38. The van der Waals surface area contributed by atoms with Crippen LogP contribution in [0.1, 0.15) is 11.5 Å². The second-order valence-corrected chi connectivity index (χ2v) is 7.51. The quantitative estimate of drug-likeness (QED) is 0.740. The fourth-order valence-electron chi connectivity index (χ4n) is 1.32. The average Bonchev–Trinajstić information content (AvgIpc) is 2.97. The van der Waals surface area contributed by atoms with Crippen molar-refractivity contribution in [3.63, 3.8) is 0 Å². The van der Waals surface area contributed by atoms with Gasteiger partial charge >= 0.3 is 8.56 Å². The van der Waals surface area contributed by atoms with Gasteiger partial charge in [0.05, 0.1) is 25.7 Å². The first kappa shape index (κ1) is 12.2. The van der Waals surface area contributed by atoms with E-state index in [0.29, 0.717) is 13.2 Å². The fraction of sp³-hybridized carbons (Fsp3) is 0.333. The Labute approximate surface area is 101 Å². The van der Waals surface area contributed by atoms with Gasteiger partial charge in [-0.2, -0.15) is 0 Å². The van der Waals surface area contributed by atoms with Crippen LogP contribution in [0.3, 0.4) is 0 Å². The molecule has 0 saturated carbocycles. The summed E-state index contributed by atoms with van der Waals surface area (Å²) in [4.78, 5) is 0. The molecular formula is C12H16O4Si. The van der Waals surface area contributed by atoms with Crippen molar-refractivity contribution in [3.05, 3.63) is 48.3 Å². The van der Waals surface area contributed by atoms with Crippen molar-refractivity contribution >= 4 is 8.56 Å². The average molecular weight is 252 g/mol. The Morgan fingerprint density at radius 1 is 0.941 bits per heavy atom. The Balaban J connectivity index is 1.78. The molecule has 0 amide bonds. The van der Waals surface area contributed by atoms with Crippen LogP contribution in [0.2, 0.25) is 13.1 Å². The summed E-state index contributed by atoms with van der Waals surface area (Å²) < 4.78 is 21.9. The standard InChI is InChI=1S/C12H16O4Si/c1-17(2,15-9-11-5-3-7-13-11)16-10-12-6-4-8-14-12/h3-8H,9-10H2,1-2H3. The molecule has 0 atom stereocenters. The monoisotopic (exact) mass is 252 g/mol.